The van der Waals surface area contributed by atoms with Crippen molar-refractivity contribution in [3.8, 4) is 0 Å². The summed E-state index contributed by atoms with van der Waals surface area (Å²) >= 11 is 1.67. The number of hydrogen-bond donors (Lipinski definition) is 1. The average molecular weight is 348 g/mol. The van der Waals surface area contributed by atoms with Gasteiger partial charge in [0, 0.05) is 25.0 Å². The van der Waals surface area contributed by atoms with Gasteiger partial charge in [-0.1, -0.05) is 6.07 Å². The maximum absolute atomic E-state index is 12.7. The number of thiophene rings is 1. The molecule has 3 heterocycles. The number of aromatic nitrogens is 2. The molecule has 1 saturated heterocycles. The van der Waals surface area contributed by atoms with Crippen molar-refractivity contribution in [1.29, 1.82) is 0 Å². The molecular formula is C16H20N4O3S. The van der Waals surface area contributed by atoms with Crippen molar-refractivity contribution in [2.45, 2.75) is 18.9 Å². The van der Waals surface area contributed by atoms with E-state index in [-0.39, 0.29) is 29.8 Å². The van der Waals surface area contributed by atoms with Gasteiger partial charge in [0.05, 0.1) is 6.54 Å². The molecule has 24 heavy (non-hydrogen) atoms. The van der Waals surface area contributed by atoms with Gasteiger partial charge in [0.2, 0.25) is 0 Å². The molecule has 0 aliphatic carbocycles. The van der Waals surface area contributed by atoms with Crippen LogP contribution in [0, 0.1) is 0 Å². The number of hydrogen-bond acceptors (Lipinski definition) is 6. The Morgan fingerprint density at radius 3 is 2.75 bits per heavy atom. The Kier molecular flexibility index (Phi) is 4.42. The van der Waals surface area contributed by atoms with Crippen LogP contribution in [0.15, 0.2) is 27.1 Å². The topological polar surface area (TPSA) is 90.3 Å². The molecule has 3 rings (SSSR count). The SMILES string of the molecule is Cn1c(N)c(C(=O)CN2CCC[C@@H]2c2cccs2)c(=O)n(C)c1=O. The van der Waals surface area contributed by atoms with Gasteiger partial charge in [-0.15, -0.1) is 11.3 Å². The lowest BCUT2D eigenvalue weighted by Gasteiger charge is -2.23. The van der Waals surface area contributed by atoms with Gasteiger partial charge in [0.1, 0.15) is 11.4 Å². The first kappa shape index (κ1) is 16.7. The predicted octanol–water partition coefficient (Wildman–Crippen LogP) is 0.747. The van der Waals surface area contributed by atoms with Crippen LogP contribution < -0.4 is 17.0 Å². The lowest BCUT2D eigenvalue weighted by atomic mass is 10.1. The fraction of sp³-hybridized carbons (Fsp3) is 0.438. The highest BCUT2D eigenvalue weighted by atomic mass is 32.1. The van der Waals surface area contributed by atoms with Gasteiger partial charge in [-0.25, -0.2) is 4.79 Å². The first-order valence-electron chi connectivity index (χ1n) is 7.78. The number of anilines is 1. The predicted molar refractivity (Wildman–Crippen MR) is 93.5 cm³/mol. The zero-order valence-corrected chi connectivity index (χ0v) is 14.5. The molecule has 0 spiro atoms. The molecule has 2 aromatic rings. The van der Waals surface area contributed by atoms with Gasteiger partial charge in [-0.05, 0) is 30.8 Å². The number of rotatable bonds is 4. The fourth-order valence-electron chi connectivity index (χ4n) is 3.20. The van der Waals surface area contributed by atoms with E-state index in [1.165, 1.54) is 19.0 Å². The second-order valence-corrected chi connectivity index (χ2v) is 7.01. The van der Waals surface area contributed by atoms with Gasteiger partial charge in [0.15, 0.2) is 5.78 Å². The Morgan fingerprint density at radius 2 is 2.08 bits per heavy atom. The summed E-state index contributed by atoms with van der Waals surface area (Å²) in [6.45, 7) is 0.931. The molecule has 2 aromatic heterocycles. The van der Waals surface area contributed by atoms with E-state index in [0.717, 1.165) is 28.5 Å². The van der Waals surface area contributed by atoms with Crippen molar-refractivity contribution in [3.63, 3.8) is 0 Å². The number of Topliss-reactive ketones (excluding diaryl/α,β-unsaturated/α-hetero) is 1. The molecule has 0 aromatic carbocycles. The first-order valence-corrected chi connectivity index (χ1v) is 8.66. The van der Waals surface area contributed by atoms with Crippen LogP contribution in [0.2, 0.25) is 0 Å². The number of ketones is 1. The fourth-order valence-corrected chi connectivity index (χ4v) is 4.10. The largest absolute Gasteiger partial charge is 0.384 e. The van der Waals surface area contributed by atoms with E-state index >= 15 is 0 Å². The van der Waals surface area contributed by atoms with Gasteiger partial charge < -0.3 is 5.73 Å². The van der Waals surface area contributed by atoms with Gasteiger partial charge in [-0.3, -0.25) is 23.6 Å². The van der Waals surface area contributed by atoms with Crippen molar-refractivity contribution in [2.24, 2.45) is 14.1 Å². The summed E-state index contributed by atoms with van der Waals surface area (Å²) in [5.74, 6) is -0.410. The third kappa shape index (κ3) is 2.71. The number of nitrogens with zero attached hydrogens (tertiary/aromatic N) is 3. The van der Waals surface area contributed by atoms with E-state index < -0.39 is 11.2 Å². The molecule has 1 atom stereocenters. The molecule has 1 aliphatic rings. The Balaban J connectivity index is 1.91. The first-order chi connectivity index (χ1) is 11.4. The minimum absolute atomic E-state index is 0.0695. The minimum atomic E-state index is -0.632. The second-order valence-electron chi connectivity index (χ2n) is 6.03. The normalized spacial score (nSPS) is 18.2. The van der Waals surface area contributed by atoms with E-state index in [1.807, 2.05) is 11.4 Å². The monoisotopic (exact) mass is 348 g/mol. The average Bonchev–Trinajstić information content (AvgIpc) is 3.22. The molecule has 7 nitrogen and oxygen atoms in total. The maximum Gasteiger partial charge on any atom is 0.332 e. The second kappa shape index (κ2) is 6.37. The number of carbonyl (C=O) groups excluding carboxylic acids is 1. The number of likely N-dealkylation sites (tertiary alicyclic amines) is 1. The van der Waals surface area contributed by atoms with E-state index in [2.05, 4.69) is 11.0 Å². The summed E-state index contributed by atoms with van der Waals surface area (Å²) in [5.41, 5.74) is 4.60. The highest BCUT2D eigenvalue weighted by molar-refractivity contribution is 7.10. The summed E-state index contributed by atoms with van der Waals surface area (Å²) in [5, 5.41) is 2.02. The van der Waals surface area contributed by atoms with Crippen molar-refractivity contribution in [2.75, 3.05) is 18.8 Å². The van der Waals surface area contributed by atoms with Gasteiger partial charge in [0.25, 0.3) is 5.56 Å². The van der Waals surface area contributed by atoms with Crippen LogP contribution in [-0.4, -0.2) is 32.9 Å². The van der Waals surface area contributed by atoms with Crippen molar-refractivity contribution < 1.29 is 4.79 Å². The Hall–Kier alpha value is -2.19. The minimum Gasteiger partial charge on any atom is -0.384 e. The number of nitrogen functional groups attached to an aromatic ring is 1. The Bertz CT molecular complexity index is 882. The highest BCUT2D eigenvalue weighted by Gasteiger charge is 2.30. The van der Waals surface area contributed by atoms with Crippen LogP contribution in [0.3, 0.4) is 0 Å². The summed E-state index contributed by atoms with van der Waals surface area (Å²) in [4.78, 5) is 40.2. The molecule has 0 radical (unpaired) electrons. The smallest absolute Gasteiger partial charge is 0.332 e. The zero-order chi connectivity index (χ0) is 17.4. The van der Waals surface area contributed by atoms with Crippen LogP contribution >= 0.6 is 11.3 Å². The molecular weight excluding hydrogens is 328 g/mol. The van der Waals surface area contributed by atoms with Crippen molar-refractivity contribution in [3.05, 3.63) is 48.8 Å². The van der Waals surface area contributed by atoms with Crippen LogP contribution in [0.25, 0.3) is 0 Å². The van der Waals surface area contributed by atoms with Crippen molar-refractivity contribution in [1.82, 2.24) is 14.0 Å². The van der Waals surface area contributed by atoms with E-state index in [9.17, 15) is 14.4 Å². The number of carbonyl (C=O) groups is 1. The van der Waals surface area contributed by atoms with E-state index in [4.69, 9.17) is 5.73 Å². The molecule has 1 aliphatic heterocycles. The molecule has 0 unspecified atom stereocenters. The van der Waals surface area contributed by atoms with Crippen molar-refractivity contribution >= 4 is 22.9 Å². The van der Waals surface area contributed by atoms with Gasteiger partial charge in [-0.2, -0.15) is 0 Å². The quantitative estimate of drug-likeness (QED) is 0.824. The maximum atomic E-state index is 12.7. The lowest BCUT2D eigenvalue weighted by molar-refractivity contribution is 0.0920. The summed E-state index contributed by atoms with van der Waals surface area (Å²) in [6, 6.07) is 4.27. The summed E-state index contributed by atoms with van der Waals surface area (Å²) in [6.07, 6.45) is 2.01. The third-order valence-electron chi connectivity index (χ3n) is 4.57. The highest BCUT2D eigenvalue weighted by Crippen LogP contribution is 2.34. The Labute approximate surface area is 142 Å². The third-order valence-corrected chi connectivity index (χ3v) is 5.54. The zero-order valence-electron chi connectivity index (χ0n) is 13.7. The Morgan fingerprint density at radius 1 is 1.33 bits per heavy atom. The van der Waals surface area contributed by atoms with Gasteiger partial charge >= 0.3 is 5.69 Å². The molecule has 2 N–H and O–H groups in total. The van der Waals surface area contributed by atoms with E-state index in [0.29, 0.717) is 0 Å². The number of nitrogens with two attached hydrogens (primary N) is 1. The standard InChI is InChI=1S/C16H20N4O3S/c1-18-14(17)13(15(22)19(2)16(18)23)11(21)9-20-7-3-5-10(20)12-6-4-8-24-12/h4,6,8,10H,3,5,7,9,17H2,1-2H3/t10-/m1/s1. The van der Waals surface area contributed by atoms with E-state index in [1.54, 1.807) is 11.3 Å². The molecule has 1 fully saturated rings. The molecule has 0 bridgehead atoms. The summed E-state index contributed by atoms with van der Waals surface area (Å²) < 4.78 is 2.06. The lowest BCUT2D eigenvalue weighted by Crippen LogP contribution is -2.43. The summed E-state index contributed by atoms with van der Waals surface area (Å²) in [7, 11) is 2.81. The molecule has 8 heteroatoms. The van der Waals surface area contributed by atoms with Crippen LogP contribution in [-0.2, 0) is 14.1 Å². The molecule has 0 amide bonds. The van der Waals surface area contributed by atoms with Crippen LogP contribution in [0.4, 0.5) is 5.82 Å². The van der Waals surface area contributed by atoms with Crippen LogP contribution in [0.5, 0.6) is 0 Å². The molecule has 0 saturated carbocycles. The van der Waals surface area contributed by atoms with Crippen LogP contribution in [0.1, 0.15) is 34.1 Å². The molecule has 128 valence electrons.